The maximum absolute atomic E-state index is 12.0. The lowest BCUT2D eigenvalue weighted by atomic mass is 10.3. The van der Waals surface area contributed by atoms with Crippen LogP contribution in [-0.2, 0) is 4.79 Å². The average Bonchev–Trinajstić information content (AvgIpc) is 2.94. The van der Waals surface area contributed by atoms with Crippen molar-refractivity contribution in [2.24, 2.45) is 0 Å². The van der Waals surface area contributed by atoms with E-state index in [4.69, 9.17) is 4.74 Å². The van der Waals surface area contributed by atoms with Crippen LogP contribution in [0.25, 0.3) is 5.65 Å². The van der Waals surface area contributed by atoms with Crippen molar-refractivity contribution in [1.82, 2.24) is 19.6 Å². The van der Waals surface area contributed by atoms with E-state index in [9.17, 15) is 4.79 Å². The number of piperazine rings is 1. The Morgan fingerprint density at radius 2 is 2.21 bits per heavy atom. The van der Waals surface area contributed by atoms with Gasteiger partial charge in [-0.05, 0) is 12.1 Å². The zero-order valence-electron chi connectivity index (χ0n) is 10.6. The SMILES string of the molecule is O=C(COc1cccn2ccnc12)N1CCNCC1. The van der Waals surface area contributed by atoms with E-state index in [1.807, 2.05) is 33.8 Å². The number of rotatable bonds is 3. The summed E-state index contributed by atoms with van der Waals surface area (Å²) in [6.07, 6.45) is 5.45. The van der Waals surface area contributed by atoms with E-state index < -0.39 is 0 Å². The number of hydrogen-bond acceptors (Lipinski definition) is 4. The molecule has 2 aromatic heterocycles. The lowest BCUT2D eigenvalue weighted by molar-refractivity contribution is -0.133. The van der Waals surface area contributed by atoms with Crippen molar-refractivity contribution in [2.45, 2.75) is 0 Å². The summed E-state index contributed by atoms with van der Waals surface area (Å²) >= 11 is 0. The normalized spacial score (nSPS) is 15.7. The molecule has 3 heterocycles. The second-order valence-corrected chi connectivity index (χ2v) is 4.45. The molecule has 100 valence electrons. The summed E-state index contributed by atoms with van der Waals surface area (Å²) in [6, 6.07) is 3.70. The lowest BCUT2D eigenvalue weighted by Crippen LogP contribution is -2.47. The topological polar surface area (TPSA) is 58.9 Å². The van der Waals surface area contributed by atoms with Crippen molar-refractivity contribution in [3.63, 3.8) is 0 Å². The van der Waals surface area contributed by atoms with Crippen LogP contribution in [0.15, 0.2) is 30.7 Å². The van der Waals surface area contributed by atoms with E-state index >= 15 is 0 Å². The Kier molecular flexibility index (Phi) is 3.33. The quantitative estimate of drug-likeness (QED) is 0.853. The van der Waals surface area contributed by atoms with Gasteiger partial charge in [-0.1, -0.05) is 0 Å². The van der Waals surface area contributed by atoms with Crippen molar-refractivity contribution in [3.8, 4) is 5.75 Å². The van der Waals surface area contributed by atoms with Crippen molar-refractivity contribution < 1.29 is 9.53 Å². The van der Waals surface area contributed by atoms with Crippen LogP contribution in [0.1, 0.15) is 0 Å². The summed E-state index contributed by atoms with van der Waals surface area (Å²) in [7, 11) is 0. The number of amides is 1. The van der Waals surface area contributed by atoms with Gasteiger partial charge in [0.05, 0.1) is 0 Å². The Morgan fingerprint density at radius 3 is 3.05 bits per heavy atom. The van der Waals surface area contributed by atoms with Gasteiger partial charge in [0, 0.05) is 44.8 Å². The molecule has 0 aromatic carbocycles. The molecule has 1 N–H and O–H groups in total. The Balaban J connectivity index is 1.65. The van der Waals surface area contributed by atoms with Crippen LogP contribution >= 0.6 is 0 Å². The molecule has 1 fully saturated rings. The number of nitrogens with zero attached hydrogens (tertiary/aromatic N) is 3. The highest BCUT2D eigenvalue weighted by molar-refractivity contribution is 5.78. The molecule has 0 bridgehead atoms. The maximum atomic E-state index is 12.0. The predicted molar refractivity (Wildman–Crippen MR) is 70.1 cm³/mol. The van der Waals surface area contributed by atoms with Gasteiger partial charge in [0.25, 0.3) is 5.91 Å². The monoisotopic (exact) mass is 260 g/mol. The highest BCUT2D eigenvalue weighted by atomic mass is 16.5. The molecular weight excluding hydrogens is 244 g/mol. The predicted octanol–water partition coefficient (Wildman–Crippen LogP) is 0.145. The number of aromatic nitrogens is 2. The summed E-state index contributed by atoms with van der Waals surface area (Å²) in [6.45, 7) is 3.25. The van der Waals surface area contributed by atoms with Crippen LogP contribution in [0.3, 0.4) is 0 Å². The van der Waals surface area contributed by atoms with Gasteiger partial charge in [0.2, 0.25) is 0 Å². The summed E-state index contributed by atoms with van der Waals surface area (Å²) in [5, 5.41) is 3.22. The first-order valence-corrected chi connectivity index (χ1v) is 6.37. The molecule has 1 saturated heterocycles. The third kappa shape index (κ3) is 2.53. The summed E-state index contributed by atoms with van der Waals surface area (Å²) in [4.78, 5) is 18.0. The zero-order chi connectivity index (χ0) is 13.1. The Labute approximate surface area is 111 Å². The number of ether oxygens (including phenoxy) is 1. The van der Waals surface area contributed by atoms with E-state index in [1.165, 1.54) is 0 Å². The van der Waals surface area contributed by atoms with Crippen LogP contribution < -0.4 is 10.1 Å². The van der Waals surface area contributed by atoms with Gasteiger partial charge in [-0.3, -0.25) is 4.79 Å². The average molecular weight is 260 g/mol. The van der Waals surface area contributed by atoms with Crippen LogP contribution in [-0.4, -0.2) is 53.0 Å². The smallest absolute Gasteiger partial charge is 0.260 e. The number of imidazole rings is 1. The van der Waals surface area contributed by atoms with Crippen LogP contribution in [0.5, 0.6) is 5.75 Å². The van der Waals surface area contributed by atoms with Crippen molar-refractivity contribution in [3.05, 3.63) is 30.7 Å². The minimum Gasteiger partial charge on any atom is -0.480 e. The summed E-state index contributed by atoms with van der Waals surface area (Å²) in [5.41, 5.74) is 0.732. The van der Waals surface area contributed by atoms with E-state index in [0.717, 1.165) is 31.8 Å². The lowest BCUT2D eigenvalue weighted by Gasteiger charge is -2.27. The number of pyridine rings is 1. The molecule has 3 rings (SSSR count). The Morgan fingerprint density at radius 1 is 1.37 bits per heavy atom. The largest absolute Gasteiger partial charge is 0.480 e. The van der Waals surface area contributed by atoms with Crippen molar-refractivity contribution >= 4 is 11.6 Å². The molecule has 6 nitrogen and oxygen atoms in total. The molecule has 0 aliphatic carbocycles. The van der Waals surface area contributed by atoms with Gasteiger partial charge in [-0.15, -0.1) is 0 Å². The standard InChI is InChI=1S/C13H16N4O2/c18-12(16-7-3-14-4-8-16)10-19-11-2-1-6-17-9-5-15-13(11)17/h1-2,5-6,9,14H,3-4,7-8,10H2. The van der Waals surface area contributed by atoms with Gasteiger partial charge >= 0.3 is 0 Å². The van der Waals surface area contributed by atoms with Crippen molar-refractivity contribution in [2.75, 3.05) is 32.8 Å². The fourth-order valence-electron chi connectivity index (χ4n) is 2.18. The zero-order valence-corrected chi connectivity index (χ0v) is 10.6. The molecule has 1 aliphatic heterocycles. The fraction of sp³-hybridized carbons (Fsp3) is 0.385. The minimum atomic E-state index is 0.0232. The molecule has 0 unspecified atom stereocenters. The second-order valence-electron chi connectivity index (χ2n) is 4.45. The number of nitrogens with one attached hydrogen (secondary N) is 1. The maximum Gasteiger partial charge on any atom is 0.260 e. The number of carbonyl (C=O) groups is 1. The molecule has 0 spiro atoms. The van der Waals surface area contributed by atoms with Gasteiger partial charge in [0.1, 0.15) is 0 Å². The van der Waals surface area contributed by atoms with E-state index in [2.05, 4.69) is 10.3 Å². The summed E-state index contributed by atoms with van der Waals surface area (Å²) < 4.78 is 7.46. The molecule has 19 heavy (non-hydrogen) atoms. The van der Waals surface area contributed by atoms with E-state index in [0.29, 0.717) is 5.75 Å². The number of carbonyl (C=O) groups excluding carboxylic acids is 1. The highest BCUT2D eigenvalue weighted by Gasteiger charge is 2.17. The number of hydrogen-bond donors (Lipinski definition) is 1. The van der Waals surface area contributed by atoms with Crippen LogP contribution in [0, 0.1) is 0 Å². The molecule has 1 amide bonds. The third-order valence-corrected chi connectivity index (χ3v) is 3.20. The van der Waals surface area contributed by atoms with E-state index in [-0.39, 0.29) is 12.5 Å². The second kappa shape index (κ2) is 5.27. The molecule has 0 radical (unpaired) electrons. The van der Waals surface area contributed by atoms with Gasteiger partial charge in [-0.2, -0.15) is 0 Å². The van der Waals surface area contributed by atoms with E-state index in [1.54, 1.807) is 6.20 Å². The summed E-state index contributed by atoms with van der Waals surface area (Å²) in [5.74, 6) is 0.658. The molecule has 0 saturated carbocycles. The van der Waals surface area contributed by atoms with Gasteiger partial charge in [0.15, 0.2) is 18.0 Å². The molecule has 1 aliphatic rings. The molecule has 6 heteroatoms. The first-order chi connectivity index (χ1) is 9.34. The van der Waals surface area contributed by atoms with Crippen molar-refractivity contribution in [1.29, 1.82) is 0 Å². The molecular formula is C13H16N4O2. The Hall–Kier alpha value is -2.08. The van der Waals surface area contributed by atoms with Gasteiger partial charge in [-0.25, -0.2) is 4.98 Å². The fourth-order valence-corrected chi connectivity index (χ4v) is 2.18. The first-order valence-electron chi connectivity index (χ1n) is 6.37. The van der Waals surface area contributed by atoms with Crippen LogP contribution in [0.4, 0.5) is 0 Å². The van der Waals surface area contributed by atoms with Gasteiger partial charge < -0.3 is 19.4 Å². The molecule has 0 atom stereocenters. The van der Waals surface area contributed by atoms with Crippen LogP contribution in [0.2, 0.25) is 0 Å². The highest BCUT2D eigenvalue weighted by Crippen LogP contribution is 2.17. The third-order valence-electron chi connectivity index (χ3n) is 3.20. The minimum absolute atomic E-state index is 0.0232. The Bertz CT molecular complexity index is 575. The molecule has 2 aromatic rings. The number of fused-ring (bicyclic) bond motifs is 1. The first kappa shape index (κ1) is 12.0.